The highest BCUT2D eigenvalue weighted by molar-refractivity contribution is 7.99. The maximum atomic E-state index is 11.2. The van der Waals surface area contributed by atoms with Gasteiger partial charge in [-0.25, -0.2) is 4.98 Å². The molecule has 9 heteroatoms. The third-order valence-electron chi connectivity index (χ3n) is 1.93. The fourth-order valence-corrected chi connectivity index (χ4v) is 1.87. The largest absolute Gasteiger partial charge is 0.464 e. The topological polar surface area (TPSA) is 106 Å². The van der Waals surface area contributed by atoms with E-state index in [1.807, 2.05) is 6.92 Å². The monoisotopic (exact) mass is 280 g/mol. The van der Waals surface area contributed by atoms with Gasteiger partial charge in [-0.3, -0.25) is 4.79 Å². The fourth-order valence-electron chi connectivity index (χ4n) is 1.18. The lowest BCUT2D eigenvalue weighted by atomic mass is 10.7. The summed E-state index contributed by atoms with van der Waals surface area (Å²) in [6.45, 7) is 2.30. The molecule has 0 aromatic carbocycles. The van der Waals surface area contributed by atoms with Crippen molar-refractivity contribution in [1.29, 1.82) is 0 Å². The minimum Gasteiger partial charge on any atom is -0.464 e. The van der Waals surface area contributed by atoms with Crippen LogP contribution >= 0.6 is 11.8 Å². The summed E-state index contributed by atoms with van der Waals surface area (Å²) >= 11 is 1.12. The van der Waals surface area contributed by atoms with E-state index in [4.69, 9.17) is 4.74 Å². The highest BCUT2D eigenvalue weighted by Gasteiger charge is 2.09. The van der Waals surface area contributed by atoms with Crippen molar-refractivity contribution < 1.29 is 4.74 Å². The first-order valence-corrected chi connectivity index (χ1v) is 6.32. The van der Waals surface area contributed by atoms with E-state index in [2.05, 4.69) is 30.2 Å². The zero-order valence-electron chi connectivity index (χ0n) is 10.4. The molecule has 0 aliphatic rings. The Morgan fingerprint density at radius 3 is 2.95 bits per heavy atom. The first-order valence-electron chi connectivity index (χ1n) is 5.51. The Morgan fingerprint density at radius 1 is 1.42 bits per heavy atom. The van der Waals surface area contributed by atoms with Crippen LogP contribution in [-0.4, -0.2) is 38.6 Å². The van der Waals surface area contributed by atoms with Crippen LogP contribution in [0.4, 0.5) is 5.95 Å². The number of H-pyrrole nitrogens is 1. The van der Waals surface area contributed by atoms with Gasteiger partial charge in [0.05, 0.1) is 6.61 Å². The average molecular weight is 280 g/mol. The highest BCUT2D eigenvalue weighted by Crippen LogP contribution is 2.22. The van der Waals surface area contributed by atoms with E-state index in [0.717, 1.165) is 11.8 Å². The number of hydrogen-bond donors (Lipinski definition) is 2. The molecule has 100 valence electrons. The smallest absolute Gasteiger partial charge is 0.322 e. The zero-order valence-corrected chi connectivity index (χ0v) is 11.2. The van der Waals surface area contributed by atoms with E-state index in [1.54, 1.807) is 7.05 Å². The van der Waals surface area contributed by atoms with Crippen molar-refractivity contribution >= 4 is 17.7 Å². The summed E-state index contributed by atoms with van der Waals surface area (Å²) in [6.07, 6.45) is 1.42. The molecule has 0 fully saturated rings. The molecular formula is C10H12N6O2S. The molecule has 0 amide bonds. The molecule has 0 saturated heterocycles. The van der Waals surface area contributed by atoms with E-state index in [0.29, 0.717) is 22.9 Å². The predicted octanol–water partition coefficient (Wildman–Crippen LogP) is 0.546. The summed E-state index contributed by atoms with van der Waals surface area (Å²) in [7, 11) is 1.70. The molecule has 2 heterocycles. The third-order valence-corrected chi connectivity index (χ3v) is 2.69. The molecule has 0 spiro atoms. The average Bonchev–Trinajstić information content (AvgIpc) is 2.39. The molecule has 19 heavy (non-hydrogen) atoms. The van der Waals surface area contributed by atoms with Gasteiger partial charge in [-0.1, -0.05) is 0 Å². The summed E-state index contributed by atoms with van der Waals surface area (Å²) in [5, 5.41) is 3.61. The van der Waals surface area contributed by atoms with Crippen molar-refractivity contribution in [2.24, 2.45) is 0 Å². The van der Waals surface area contributed by atoms with Crippen LogP contribution in [0.25, 0.3) is 0 Å². The first kappa shape index (κ1) is 13.3. The van der Waals surface area contributed by atoms with Crippen LogP contribution < -0.4 is 15.6 Å². The van der Waals surface area contributed by atoms with E-state index in [9.17, 15) is 4.79 Å². The van der Waals surface area contributed by atoms with Gasteiger partial charge in [0.25, 0.3) is 5.56 Å². The molecule has 0 aliphatic heterocycles. The van der Waals surface area contributed by atoms with E-state index in [-0.39, 0.29) is 11.6 Å². The molecule has 2 aromatic heterocycles. The van der Waals surface area contributed by atoms with Gasteiger partial charge in [-0.2, -0.15) is 15.0 Å². The number of ether oxygens (including phenoxy) is 1. The van der Waals surface area contributed by atoms with Crippen molar-refractivity contribution in [3.63, 3.8) is 0 Å². The van der Waals surface area contributed by atoms with Crippen molar-refractivity contribution in [3.8, 4) is 6.01 Å². The molecule has 2 aromatic rings. The Labute approximate surface area is 113 Å². The highest BCUT2D eigenvalue weighted by atomic mass is 32.2. The van der Waals surface area contributed by atoms with Gasteiger partial charge in [0.1, 0.15) is 0 Å². The lowest BCUT2D eigenvalue weighted by Gasteiger charge is -2.05. The fraction of sp³-hybridized carbons (Fsp3) is 0.300. The molecular weight excluding hydrogens is 268 g/mol. The van der Waals surface area contributed by atoms with Crippen LogP contribution in [-0.2, 0) is 0 Å². The Balaban J connectivity index is 2.28. The zero-order chi connectivity index (χ0) is 13.7. The quantitative estimate of drug-likeness (QED) is 0.765. The SMILES string of the molecule is CCOc1nc(NC)nc(Sc2nccc(=O)[nH]2)n1. The van der Waals surface area contributed by atoms with Crippen LogP contribution in [0.15, 0.2) is 27.4 Å². The lowest BCUT2D eigenvalue weighted by Crippen LogP contribution is -2.07. The van der Waals surface area contributed by atoms with E-state index >= 15 is 0 Å². The maximum Gasteiger partial charge on any atom is 0.322 e. The van der Waals surface area contributed by atoms with E-state index < -0.39 is 0 Å². The van der Waals surface area contributed by atoms with Gasteiger partial charge in [0, 0.05) is 19.3 Å². The number of aromatic nitrogens is 5. The molecule has 0 saturated carbocycles. The van der Waals surface area contributed by atoms with Gasteiger partial charge in [-0.15, -0.1) is 0 Å². The molecule has 8 nitrogen and oxygen atoms in total. The molecule has 0 radical (unpaired) electrons. The van der Waals surface area contributed by atoms with Crippen LogP contribution in [0.2, 0.25) is 0 Å². The second-order valence-corrected chi connectivity index (χ2v) is 4.20. The van der Waals surface area contributed by atoms with Crippen molar-refractivity contribution in [1.82, 2.24) is 24.9 Å². The summed E-state index contributed by atoms with van der Waals surface area (Å²) in [6, 6.07) is 1.56. The molecule has 2 N–H and O–H groups in total. The summed E-state index contributed by atoms with van der Waals surface area (Å²) in [4.78, 5) is 30.1. The third kappa shape index (κ3) is 3.65. The van der Waals surface area contributed by atoms with Crippen molar-refractivity contribution in [3.05, 3.63) is 22.6 Å². The van der Waals surface area contributed by atoms with Crippen LogP contribution in [0, 0.1) is 0 Å². The first-order chi connectivity index (χ1) is 9.21. The predicted molar refractivity (Wildman–Crippen MR) is 69.5 cm³/mol. The Bertz CT molecular complexity index is 617. The van der Waals surface area contributed by atoms with E-state index in [1.165, 1.54) is 12.3 Å². The van der Waals surface area contributed by atoms with Crippen molar-refractivity contribution in [2.45, 2.75) is 17.2 Å². The molecule has 0 unspecified atom stereocenters. The molecule has 0 aliphatic carbocycles. The summed E-state index contributed by atoms with van der Waals surface area (Å²) < 4.78 is 5.24. The second kappa shape index (κ2) is 6.14. The van der Waals surface area contributed by atoms with Crippen LogP contribution in [0.5, 0.6) is 6.01 Å². The number of nitrogens with zero attached hydrogens (tertiary/aromatic N) is 4. The number of aromatic amines is 1. The summed E-state index contributed by atoms with van der Waals surface area (Å²) in [5.41, 5.74) is -0.231. The molecule has 0 bridgehead atoms. The second-order valence-electron chi connectivity index (χ2n) is 3.25. The standard InChI is InChI=1S/C10H12N6O2S/c1-3-18-8-14-7(11-2)15-10(16-8)19-9-12-5-4-6(17)13-9/h4-5H,3H2,1-2H3,(H,12,13,17)(H,11,14,15,16). The normalized spacial score (nSPS) is 10.2. The van der Waals surface area contributed by atoms with Crippen LogP contribution in [0.3, 0.4) is 0 Å². The van der Waals surface area contributed by atoms with Gasteiger partial charge < -0.3 is 15.0 Å². The Kier molecular flexibility index (Phi) is 4.29. The Hall–Kier alpha value is -2.16. The number of hydrogen-bond acceptors (Lipinski definition) is 8. The van der Waals surface area contributed by atoms with Gasteiger partial charge in [0.2, 0.25) is 11.1 Å². The van der Waals surface area contributed by atoms with Gasteiger partial charge >= 0.3 is 6.01 Å². The minimum absolute atomic E-state index is 0.225. The maximum absolute atomic E-state index is 11.2. The number of nitrogens with one attached hydrogen (secondary N) is 2. The Morgan fingerprint density at radius 2 is 2.26 bits per heavy atom. The minimum atomic E-state index is -0.231. The van der Waals surface area contributed by atoms with Crippen molar-refractivity contribution in [2.75, 3.05) is 19.0 Å². The number of anilines is 1. The van der Waals surface area contributed by atoms with Crippen LogP contribution in [0.1, 0.15) is 6.92 Å². The van der Waals surface area contributed by atoms with Gasteiger partial charge in [0.15, 0.2) is 5.16 Å². The molecule has 0 atom stereocenters. The molecule has 2 rings (SSSR count). The lowest BCUT2D eigenvalue weighted by molar-refractivity contribution is 0.308. The summed E-state index contributed by atoms with van der Waals surface area (Å²) in [5.74, 6) is 0.388. The number of rotatable bonds is 5. The van der Waals surface area contributed by atoms with Gasteiger partial charge in [-0.05, 0) is 18.7 Å².